The van der Waals surface area contributed by atoms with E-state index in [4.69, 9.17) is 8.94 Å². The van der Waals surface area contributed by atoms with E-state index in [0.29, 0.717) is 22.8 Å². The Labute approximate surface area is 122 Å². The molecule has 0 fully saturated rings. The first-order valence-corrected chi connectivity index (χ1v) is 7.19. The molecule has 104 valence electrons. The van der Waals surface area contributed by atoms with Crippen molar-refractivity contribution in [2.24, 2.45) is 0 Å². The third-order valence-corrected chi connectivity index (χ3v) is 3.80. The number of benzene rings is 1. The van der Waals surface area contributed by atoms with Gasteiger partial charge >= 0.3 is 5.76 Å². The predicted molar refractivity (Wildman–Crippen MR) is 77.2 cm³/mol. The van der Waals surface area contributed by atoms with Crippen molar-refractivity contribution in [2.75, 3.05) is 0 Å². The average Bonchev–Trinajstić information content (AvgIpc) is 3.20. The molecular weight excluding hydrogens is 290 g/mol. The van der Waals surface area contributed by atoms with Crippen LogP contribution in [0.15, 0.2) is 54.8 Å². The summed E-state index contributed by atoms with van der Waals surface area (Å²) >= 11 is 1.56. The minimum Gasteiger partial charge on any atom is -0.408 e. The third-order valence-electron chi connectivity index (χ3n) is 3.11. The van der Waals surface area contributed by atoms with E-state index in [1.54, 1.807) is 17.4 Å². The maximum atomic E-state index is 11.9. The molecule has 0 bridgehead atoms. The summed E-state index contributed by atoms with van der Waals surface area (Å²) in [5.41, 5.74) is 2.15. The molecule has 0 aliphatic heterocycles. The number of hydrogen-bond acceptors (Lipinski definition) is 6. The van der Waals surface area contributed by atoms with Gasteiger partial charge in [-0.1, -0.05) is 17.3 Å². The largest absolute Gasteiger partial charge is 0.420 e. The van der Waals surface area contributed by atoms with Gasteiger partial charge in [0.1, 0.15) is 6.54 Å². The molecule has 6 nitrogen and oxygen atoms in total. The van der Waals surface area contributed by atoms with Gasteiger partial charge in [-0.05, 0) is 23.6 Å². The van der Waals surface area contributed by atoms with Crippen LogP contribution in [0.4, 0.5) is 0 Å². The minimum atomic E-state index is -0.438. The number of para-hydroxylation sites is 2. The number of nitrogens with zero attached hydrogens (tertiary/aromatic N) is 3. The van der Waals surface area contributed by atoms with E-state index in [0.717, 1.165) is 5.56 Å². The van der Waals surface area contributed by atoms with Crippen molar-refractivity contribution in [3.05, 3.63) is 57.5 Å². The van der Waals surface area contributed by atoms with E-state index in [2.05, 4.69) is 10.1 Å². The Hall–Kier alpha value is -2.67. The molecule has 3 aromatic heterocycles. The lowest BCUT2D eigenvalue weighted by Gasteiger charge is -1.96. The second-order valence-corrected chi connectivity index (χ2v) is 5.23. The smallest absolute Gasteiger partial charge is 0.408 e. The Kier molecular flexibility index (Phi) is 2.71. The highest BCUT2D eigenvalue weighted by atomic mass is 32.1. The molecular formula is C14H9N3O3S. The topological polar surface area (TPSA) is 74.1 Å². The fourth-order valence-electron chi connectivity index (χ4n) is 2.13. The van der Waals surface area contributed by atoms with E-state index in [9.17, 15) is 4.79 Å². The van der Waals surface area contributed by atoms with Gasteiger partial charge in [0.15, 0.2) is 5.58 Å². The molecule has 0 spiro atoms. The standard InChI is InChI=1S/C14H9N3O3S/c18-14-17(10-3-1-2-4-11(10)19-14)7-12-15-13(16-20-12)9-5-6-21-8-9/h1-6,8H,7H2. The molecule has 0 radical (unpaired) electrons. The zero-order valence-corrected chi connectivity index (χ0v) is 11.5. The van der Waals surface area contributed by atoms with Crippen molar-refractivity contribution < 1.29 is 8.94 Å². The SMILES string of the molecule is O=c1oc2ccccc2n1Cc1nc(-c2ccsc2)no1. The highest BCUT2D eigenvalue weighted by Crippen LogP contribution is 2.19. The van der Waals surface area contributed by atoms with Crippen LogP contribution in [0, 0.1) is 0 Å². The number of fused-ring (bicyclic) bond motifs is 1. The molecule has 0 N–H and O–H groups in total. The van der Waals surface area contributed by atoms with Crippen LogP contribution < -0.4 is 5.76 Å². The lowest BCUT2D eigenvalue weighted by molar-refractivity contribution is 0.367. The first kappa shape index (κ1) is 12.1. The van der Waals surface area contributed by atoms with Crippen LogP contribution in [0.3, 0.4) is 0 Å². The van der Waals surface area contributed by atoms with Gasteiger partial charge in [0.05, 0.1) is 5.52 Å². The van der Waals surface area contributed by atoms with Crippen molar-refractivity contribution >= 4 is 22.4 Å². The lowest BCUT2D eigenvalue weighted by atomic mass is 10.3. The maximum absolute atomic E-state index is 11.9. The molecule has 0 amide bonds. The lowest BCUT2D eigenvalue weighted by Crippen LogP contribution is -2.15. The van der Waals surface area contributed by atoms with Crippen molar-refractivity contribution in [1.82, 2.24) is 14.7 Å². The van der Waals surface area contributed by atoms with Crippen molar-refractivity contribution in [3.8, 4) is 11.4 Å². The first-order chi connectivity index (χ1) is 10.3. The van der Waals surface area contributed by atoms with Crippen LogP contribution in [0.2, 0.25) is 0 Å². The predicted octanol–water partition coefficient (Wildman–Crippen LogP) is 2.75. The molecule has 0 saturated heterocycles. The van der Waals surface area contributed by atoms with Gasteiger partial charge < -0.3 is 8.94 Å². The third kappa shape index (κ3) is 2.07. The monoisotopic (exact) mass is 299 g/mol. The van der Waals surface area contributed by atoms with E-state index in [-0.39, 0.29) is 6.54 Å². The second kappa shape index (κ2) is 4.71. The number of thiophene rings is 1. The molecule has 0 saturated carbocycles. The number of aromatic nitrogens is 3. The molecule has 0 atom stereocenters. The van der Waals surface area contributed by atoms with E-state index < -0.39 is 5.76 Å². The summed E-state index contributed by atoms with van der Waals surface area (Å²) in [7, 11) is 0. The summed E-state index contributed by atoms with van der Waals surface area (Å²) in [5.74, 6) is 0.448. The summed E-state index contributed by atoms with van der Waals surface area (Å²) in [6, 6.07) is 9.14. The summed E-state index contributed by atoms with van der Waals surface area (Å²) in [6.45, 7) is 0.187. The Morgan fingerprint density at radius 1 is 1.24 bits per heavy atom. The van der Waals surface area contributed by atoms with Gasteiger partial charge in [0, 0.05) is 10.9 Å². The molecule has 4 aromatic rings. The molecule has 0 aliphatic rings. The Morgan fingerprint density at radius 2 is 2.14 bits per heavy atom. The molecule has 4 rings (SSSR count). The second-order valence-electron chi connectivity index (χ2n) is 4.45. The molecule has 3 heterocycles. The molecule has 0 unspecified atom stereocenters. The van der Waals surface area contributed by atoms with Crippen molar-refractivity contribution in [2.45, 2.75) is 6.54 Å². The Bertz CT molecular complexity index is 949. The van der Waals surface area contributed by atoms with Gasteiger partial charge in [-0.25, -0.2) is 4.79 Å². The minimum absolute atomic E-state index is 0.187. The summed E-state index contributed by atoms with van der Waals surface area (Å²) in [6.07, 6.45) is 0. The van der Waals surface area contributed by atoms with Gasteiger partial charge in [-0.15, -0.1) is 0 Å². The highest BCUT2D eigenvalue weighted by Gasteiger charge is 2.14. The van der Waals surface area contributed by atoms with Crippen LogP contribution >= 0.6 is 11.3 Å². The Morgan fingerprint density at radius 3 is 3.00 bits per heavy atom. The van der Waals surface area contributed by atoms with E-state index in [1.165, 1.54) is 4.57 Å². The van der Waals surface area contributed by atoms with Crippen LogP contribution in [0.5, 0.6) is 0 Å². The molecule has 7 heteroatoms. The maximum Gasteiger partial charge on any atom is 0.420 e. The van der Waals surface area contributed by atoms with Crippen LogP contribution in [-0.2, 0) is 6.54 Å². The first-order valence-electron chi connectivity index (χ1n) is 6.25. The number of oxazole rings is 1. The van der Waals surface area contributed by atoms with Gasteiger partial charge in [-0.3, -0.25) is 4.57 Å². The van der Waals surface area contributed by atoms with Crippen LogP contribution in [0.1, 0.15) is 5.89 Å². The fourth-order valence-corrected chi connectivity index (χ4v) is 2.76. The number of rotatable bonds is 3. The zero-order valence-electron chi connectivity index (χ0n) is 10.7. The zero-order chi connectivity index (χ0) is 14.2. The summed E-state index contributed by atoms with van der Waals surface area (Å²) in [5, 5.41) is 7.81. The van der Waals surface area contributed by atoms with Crippen LogP contribution in [0.25, 0.3) is 22.5 Å². The Balaban J connectivity index is 1.72. The van der Waals surface area contributed by atoms with E-state index >= 15 is 0 Å². The average molecular weight is 299 g/mol. The molecule has 21 heavy (non-hydrogen) atoms. The summed E-state index contributed by atoms with van der Waals surface area (Å²) < 4.78 is 11.8. The summed E-state index contributed by atoms with van der Waals surface area (Å²) in [4.78, 5) is 16.2. The van der Waals surface area contributed by atoms with Crippen molar-refractivity contribution in [1.29, 1.82) is 0 Å². The van der Waals surface area contributed by atoms with Crippen LogP contribution in [-0.4, -0.2) is 14.7 Å². The van der Waals surface area contributed by atoms with Crippen molar-refractivity contribution in [3.63, 3.8) is 0 Å². The molecule has 1 aromatic carbocycles. The van der Waals surface area contributed by atoms with Gasteiger partial charge in [-0.2, -0.15) is 16.3 Å². The van der Waals surface area contributed by atoms with Gasteiger partial charge in [0.2, 0.25) is 11.7 Å². The molecule has 0 aliphatic carbocycles. The number of hydrogen-bond donors (Lipinski definition) is 0. The quantitative estimate of drug-likeness (QED) is 0.581. The van der Waals surface area contributed by atoms with Gasteiger partial charge in [0.25, 0.3) is 0 Å². The normalized spacial score (nSPS) is 11.2. The fraction of sp³-hybridized carbons (Fsp3) is 0.0714. The highest BCUT2D eigenvalue weighted by molar-refractivity contribution is 7.08. The van der Waals surface area contributed by atoms with E-state index in [1.807, 2.05) is 35.0 Å².